The van der Waals surface area contributed by atoms with Crippen molar-refractivity contribution in [1.82, 2.24) is 14.8 Å². The summed E-state index contributed by atoms with van der Waals surface area (Å²) in [5.41, 5.74) is 4.33. The first-order valence-corrected chi connectivity index (χ1v) is 9.56. The Morgan fingerprint density at radius 3 is 2.92 bits per heavy atom. The van der Waals surface area contributed by atoms with Gasteiger partial charge in [-0.15, -0.1) is 10.2 Å². The van der Waals surface area contributed by atoms with Gasteiger partial charge in [0.15, 0.2) is 10.9 Å². The smallest absolute Gasteiger partial charge is 0.196 e. The highest BCUT2D eigenvalue weighted by Gasteiger charge is 2.16. The van der Waals surface area contributed by atoms with E-state index in [1.807, 2.05) is 34.9 Å². The third-order valence-corrected chi connectivity index (χ3v) is 5.56. The van der Waals surface area contributed by atoms with Crippen LogP contribution in [-0.4, -0.2) is 33.4 Å². The zero-order chi connectivity index (χ0) is 17.9. The van der Waals surface area contributed by atoms with Gasteiger partial charge in [0.05, 0.1) is 18.6 Å². The Kier molecular flexibility index (Phi) is 4.75. The number of benzene rings is 2. The van der Waals surface area contributed by atoms with Gasteiger partial charge in [-0.3, -0.25) is 9.36 Å². The van der Waals surface area contributed by atoms with Crippen LogP contribution in [0.5, 0.6) is 5.75 Å². The van der Waals surface area contributed by atoms with E-state index < -0.39 is 0 Å². The minimum Gasteiger partial charge on any atom is -0.495 e. The molecule has 0 saturated carbocycles. The summed E-state index contributed by atoms with van der Waals surface area (Å²) >= 11 is 1.39. The summed E-state index contributed by atoms with van der Waals surface area (Å²) in [6.07, 6.45) is 5.02. The molecule has 3 aromatic rings. The molecule has 0 fully saturated rings. The second kappa shape index (κ2) is 7.33. The molecule has 26 heavy (non-hydrogen) atoms. The molecule has 0 spiro atoms. The standard InChI is InChI=1S/C20H19N3O2S/c1-25-19-8-3-2-7-17(19)23-13-21-22-20(23)26-12-18(24)16-10-9-14-5-4-6-15(14)11-16/h2-3,7-11,13H,4-6,12H2,1H3. The van der Waals surface area contributed by atoms with Crippen LogP contribution in [-0.2, 0) is 12.8 Å². The van der Waals surface area contributed by atoms with E-state index in [0.29, 0.717) is 10.9 Å². The summed E-state index contributed by atoms with van der Waals surface area (Å²) in [4.78, 5) is 12.6. The molecule has 0 aliphatic heterocycles. The largest absolute Gasteiger partial charge is 0.495 e. The van der Waals surface area contributed by atoms with Gasteiger partial charge in [-0.25, -0.2) is 0 Å². The van der Waals surface area contributed by atoms with Gasteiger partial charge in [0.1, 0.15) is 12.1 Å². The number of ketones is 1. The third-order valence-electron chi connectivity index (χ3n) is 4.61. The lowest BCUT2D eigenvalue weighted by Gasteiger charge is -2.10. The quantitative estimate of drug-likeness (QED) is 0.492. The van der Waals surface area contributed by atoms with E-state index in [1.165, 1.54) is 29.3 Å². The van der Waals surface area contributed by atoms with E-state index in [9.17, 15) is 4.79 Å². The lowest BCUT2D eigenvalue weighted by molar-refractivity contribution is 0.102. The maximum absolute atomic E-state index is 12.6. The van der Waals surface area contributed by atoms with Crippen molar-refractivity contribution in [3.05, 3.63) is 65.5 Å². The van der Waals surface area contributed by atoms with E-state index in [1.54, 1.807) is 13.4 Å². The highest BCUT2D eigenvalue weighted by atomic mass is 32.2. The molecule has 1 heterocycles. The van der Waals surface area contributed by atoms with Crippen LogP contribution in [0.2, 0.25) is 0 Å². The Bertz CT molecular complexity index is 952. The molecule has 0 amide bonds. The van der Waals surface area contributed by atoms with Crippen molar-refractivity contribution in [2.75, 3.05) is 12.9 Å². The number of rotatable bonds is 6. The molecular weight excluding hydrogens is 346 g/mol. The number of para-hydroxylation sites is 2. The first-order valence-electron chi connectivity index (χ1n) is 8.57. The highest BCUT2D eigenvalue weighted by molar-refractivity contribution is 7.99. The van der Waals surface area contributed by atoms with Crippen molar-refractivity contribution in [3.8, 4) is 11.4 Å². The fourth-order valence-corrected chi connectivity index (χ4v) is 4.09. The number of methoxy groups -OCH3 is 1. The van der Waals surface area contributed by atoms with Crippen LogP contribution in [0.1, 0.15) is 27.9 Å². The second-order valence-electron chi connectivity index (χ2n) is 6.20. The summed E-state index contributed by atoms with van der Waals surface area (Å²) in [7, 11) is 1.63. The van der Waals surface area contributed by atoms with Gasteiger partial charge in [-0.05, 0) is 48.6 Å². The van der Waals surface area contributed by atoms with Crippen LogP contribution in [0.25, 0.3) is 5.69 Å². The average Bonchev–Trinajstić information content (AvgIpc) is 3.34. The van der Waals surface area contributed by atoms with E-state index in [2.05, 4.69) is 22.3 Å². The zero-order valence-corrected chi connectivity index (χ0v) is 15.3. The average molecular weight is 365 g/mol. The molecule has 0 unspecified atom stereocenters. The Hall–Kier alpha value is -2.60. The molecular formula is C20H19N3O2S. The normalized spacial score (nSPS) is 12.8. The van der Waals surface area contributed by atoms with Crippen LogP contribution in [0.4, 0.5) is 0 Å². The maximum atomic E-state index is 12.6. The summed E-state index contributed by atoms with van der Waals surface area (Å²) in [5.74, 6) is 1.17. The van der Waals surface area contributed by atoms with Gasteiger partial charge in [0.25, 0.3) is 0 Å². The van der Waals surface area contributed by atoms with Crippen molar-refractivity contribution in [3.63, 3.8) is 0 Å². The molecule has 132 valence electrons. The zero-order valence-electron chi connectivity index (χ0n) is 14.5. The van der Waals surface area contributed by atoms with Crippen LogP contribution in [0, 0.1) is 0 Å². The Morgan fingerprint density at radius 2 is 2.04 bits per heavy atom. The van der Waals surface area contributed by atoms with E-state index >= 15 is 0 Å². The van der Waals surface area contributed by atoms with Crippen molar-refractivity contribution in [2.45, 2.75) is 24.4 Å². The number of carbonyl (C=O) groups is 1. The first kappa shape index (κ1) is 16.8. The van der Waals surface area contributed by atoms with Crippen LogP contribution < -0.4 is 4.74 Å². The summed E-state index contributed by atoms with van der Waals surface area (Å²) in [6, 6.07) is 13.8. The predicted molar refractivity (Wildman–Crippen MR) is 101 cm³/mol. The number of ether oxygens (including phenoxy) is 1. The van der Waals surface area contributed by atoms with Crippen LogP contribution in [0.3, 0.4) is 0 Å². The Morgan fingerprint density at radius 1 is 1.19 bits per heavy atom. The van der Waals surface area contributed by atoms with Crippen molar-refractivity contribution >= 4 is 17.5 Å². The van der Waals surface area contributed by atoms with Crippen molar-refractivity contribution < 1.29 is 9.53 Å². The lowest BCUT2D eigenvalue weighted by atomic mass is 10.0. The van der Waals surface area contributed by atoms with Gasteiger partial charge in [-0.1, -0.05) is 36.0 Å². The lowest BCUT2D eigenvalue weighted by Crippen LogP contribution is -2.05. The van der Waals surface area contributed by atoms with Gasteiger partial charge < -0.3 is 4.74 Å². The molecule has 4 rings (SSSR count). The van der Waals surface area contributed by atoms with E-state index in [0.717, 1.165) is 29.8 Å². The van der Waals surface area contributed by atoms with Crippen LogP contribution >= 0.6 is 11.8 Å². The molecule has 2 aromatic carbocycles. The Balaban J connectivity index is 1.51. The maximum Gasteiger partial charge on any atom is 0.196 e. The molecule has 0 radical (unpaired) electrons. The molecule has 0 bridgehead atoms. The van der Waals surface area contributed by atoms with Crippen molar-refractivity contribution in [2.24, 2.45) is 0 Å². The summed E-state index contributed by atoms with van der Waals surface area (Å²) in [6.45, 7) is 0. The first-order chi connectivity index (χ1) is 12.8. The second-order valence-corrected chi connectivity index (χ2v) is 7.15. The van der Waals surface area contributed by atoms with Gasteiger partial charge >= 0.3 is 0 Å². The molecule has 1 aromatic heterocycles. The van der Waals surface area contributed by atoms with E-state index in [4.69, 9.17) is 4.74 Å². The SMILES string of the molecule is COc1ccccc1-n1cnnc1SCC(=O)c1ccc2c(c1)CCC2. The Labute approximate surface area is 156 Å². The molecule has 1 aliphatic carbocycles. The number of fused-ring (bicyclic) bond motifs is 1. The number of nitrogens with zero attached hydrogens (tertiary/aromatic N) is 3. The molecule has 0 N–H and O–H groups in total. The number of aryl methyl sites for hydroxylation is 2. The minimum atomic E-state index is 0.110. The minimum absolute atomic E-state index is 0.110. The van der Waals surface area contributed by atoms with Gasteiger partial charge in [0, 0.05) is 5.56 Å². The number of hydrogen-bond donors (Lipinski definition) is 0. The molecule has 6 heteroatoms. The van der Waals surface area contributed by atoms with Crippen molar-refractivity contribution in [1.29, 1.82) is 0 Å². The fourth-order valence-electron chi connectivity index (χ4n) is 3.28. The number of Topliss-reactive ketones (excluding diaryl/α,β-unsaturated/α-hetero) is 1. The number of thioether (sulfide) groups is 1. The highest BCUT2D eigenvalue weighted by Crippen LogP contribution is 2.28. The number of aromatic nitrogens is 3. The fraction of sp³-hybridized carbons (Fsp3) is 0.250. The topological polar surface area (TPSA) is 57.0 Å². The molecule has 5 nitrogen and oxygen atoms in total. The molecule has 0 saturated heterocycles. The summed E-state index contributed by atoms with van der Waals surface area (Å²) < 4.78 is 7.26. The number of carbonyl (C=O) groups excluding carboxylic acids is 1. The third kappa shape index (κ3) is 3.24. The molecule has 0 atom stereocenters. The molecule has 1 aliphatic rings. The van der Waals surface area contributed by atoms with Gasteiger partial charge in [-0.2, -0.15) is 0 Å². The summed E-state index contributed by atoms with van der Waals surface area (Å²) in [5, 5.41) is 8.83. The van der Waals surface area contributed by atoms with E-state index in [-0.39, 0.29) is 5.78 Å². The monoisotopic (exact) mass is 365 g/mol. The van der Waals surface area contributed by atoms with Gasteiger partial charge in [0.2, 0.25) is 0 Å². The van der Waals surface area contributed by atoms with Crippen LogP contribution in [0.15, 0.2) is 53.9 Å². The predicted octanol–water partition coefficient (Wildman–Crippen LogP) is 3.74. The number of hydrogen-bond acceptors (Lipinski definition) is 5.